The van der Waals surface area contributed by atoms with Gasteiger partial charge in [-0.05, 0) is 20.8 Å². The first-order valence-corrected chi connectivity index (χ1v) is 6.98. The van der Waals surface area contributed by atoms with E-state index in [1.54, 1.807) is 0 Å². The first-order valence-electron chi connectivity index (χ1n) is 6.98. The number of rotatable bonds is 2. The second-order valence-electron chi connectivity index (χ2n) is 6.76. The molecule has 0 aromatic heterocycles. The zero-order chi connectivity index (χ0) is 14.1. The van der Waals surface area contributed by atoms with E-state index in [-0.39, 0.29) is 11.4 Å². The molecule has 3 amide bonds. The minimum Gasteiger partial charge on any atom is -0.333 e. The fourth-order valence-corrected chi connectivity index (χ4v) is 2.81. The number of nitrogens with one attached hydrogen (secondary N) is 2. The van der Waals surface area contributed by atoms with Crippen molar-refractivity contribution in [3.63, 3.8) is 0 Å². The average molecular weight is 269 g/mol. The summed E-state index contributed by atoms with van der Waals surface area (Å²) in [5.74, 6) is -0.169. The fourth-order valence-electron chi connectivity index (χ4n) is 2.81. The summed E-state index contributed by atoms with van der Waals surface area (Å²) in [5.41, 5.74) is -0.326. The molecule has 19 heavy (non-hydrogen) atoms. The number of hydrogen-bond donors (Lipinski definition) is 2. The Morgan fingerprint density at radius 2 is 1.63 bits per heavy atom. The number of fused-ring (bicyclic) bond motifs is 3. The maximum atomic E-state index is 12.0. The lowest BCUT2D eigenvalue weighted by molar-refractivity contribution is -0.933. The predicted molar refractivity (Wildman–Crippen MR) is 72.6 cm³/mol. The van der Waals surface area contributed by atoms with Crippen LogP contribution in [0.3, 0.4) is 0 Å². The highest BCUT2D eigenvalue weighted by Crippen LogP contribution is 2.18. The Bertz CT molecular complexity index is 354. The Labute approximate surface area is 114 Å². The van der Waals surface area contributed by atoms with Crippen LogP contribution in [-0.2, 0) is 4.79 Å². The van der Waals surface area contributed by atoms with Crippen LogP contribution in [0.2, 0.25) is 0 Å². The third-order valence-electron chi connectivity index (χ3n) is 3.89. The molecule has 3 aliphatic rings. The molecular formula is C13H25N4O2+. The summed E-state index contributed by atoms with van der Waals surface area (Å²) < 4.78 is 0.838. The van der Waals surface area contributed by atoms with Gasteiger partial charge in [0, 0.05) is 25.2 Å². The summed E-state index contributed by atoms with van der Waals surface area (Å²) in [4.78, 5) is 26.1. The largest absolute Gasteiger partial charge is 0.333 e. The van der Waals surface area contributed by atoms with E-state index in [4.69, 9.17) is 0 Å². The van der Waals surface area contributed by atoms with E-state index in [9.17, 15) is 9.59 Å². The first kappa shape index (κ1) is 14.3. The van der Waals surface area contributed by atoms with Gasteiger partial charge in [-0.15, -0.1) is 0 Å². The maximum Gasteiger partial charge on any atom is 0.322 e. The van der Waals surface area contributed by atoms with E-state index in [0.717, 1.165) is 43.8 Å². The number of imide groups is 1. The molecule has 3 aliphatic heterocycles. The highest BCUT2D eigenvalue weighted by molar-refractivity contribution is 5.95. The molecule has 0 radical (unpaired) electrons. The number of hydrogen-bond acceptors (Lipinski definition) is 3. The lowest BCUT2D eigenvalue weighted by atomic mass is 10.1. The molecule has 2 bridgehead atoms. The molecule has 3 heterocycles. The summed E-state index contributed by atoms with van der Waals surface area (Å²) in [5, 5.41) is 5.18. The Morgan fingerprint density at radius 3 is 2.11 bits per heavy atom. The highest BCUT2D eigenvalue weighted by atomic mass is 16.2. The fraction of sp³-hybridized carbons (Fsp3) is 0.846. The molecule has 0 unspecified atom stereocenters. The molecule has 0 atom stereocenters. The molecule has 2 N–H and O–H groups in total. The second kappa shape index (κ2) is 5.09. The summed E-state index contributed by atoms with van der Waals surface area (Å²) in [6, 6.07) is -0.397. The first-order chi connectivity index (χ1) is 8.78. The number of nitrogens with zero attached hydrogens (tertiary/aromatic N) is 2. The molecule has 3 fully saturated rings. The van der Waals surface area contributed by atoms with Gasteiger partial charge in [0.05, 0.1) is 19.6 Å². The van der Waals surface area contributed by atoms with Crippen molar-refractivity contribution in [2.75, 3.05) is 45.8 Å². The summed E-state index contributed by atoms with van der Waals surface area (Å²) >= 11 is 0. The molecule has 0 aromatic rings. The predicted octanol–water partition coefficient (Wildman–Crippen LogP) is -0.243. The molecule has 6 nitrogen and oxygen atoms in total. The summed E-state index contributed by atoms with van der Waals surface area (Å²) in [6.07, 6.45) is 0. The van der Waals surface area contributed by atoms with Crippen molar-refractivity contribution in [3.8, 4) is 0 Å². The van der Waals surface area contributed by atoms with E-state index in [1.165, 1.54) is 0 Å². The van der Waals surface area contributed by atoms with Crippen molar-refractivity contribution in [1.29, 1.82) is 0 Å². The van der Waals surface area contributed by atoms with Crippen LogP contribution >= 0.6 is 0 Å². The van der Waals surface area contributed by atoms with Crippen molar-refractivity contribution in [3.05, 3.63) is 0 Å². The quantitative estimate of drug-likeness (QED) is 0.680. The van der Waals surface area contributed by atoms with E-state index in [2.05, 4.69) is 15.5 Å². The monoisotopic (exact) mass is 269 g/mol. The topological polar surface area (TPSA) is 61.4 Å². The van der Waals surface area contributed by atoms with Crippen LogP contribution in [0, 0.1) is 0 Å². The SMILES string of the molecule is CC(C)(C)NC(=O)NC(=O)C[N+]12CCN(CC1)CC2. The molecule has 0 aromatic carbocycles. The zero-order valence-corrected chi connectivity index (χ0v) is 12.2. The van der Waals surface area contributed by atoms with Gasteiger partial charge < -0.3 is 9.80 Å². The minimum absolute atomic E-state index is 0.169. The number of piperazine rings is 3. The minimum atomic E-state index is -0.397. The van der Waals surface area contributed by atoms with Gasteiger partial charge in [-0.3, -0.25) is 15.0 Å². The molecule has 3 rings (SSSR count). The summed E-state index contributed by atoms with van der Waals surface area (Å²) in [6.45, 7) is 12.4. The van der Waals surface area contributed by atoms with Gasteiger partial charge in [0.25, 0.3) is 5.91 Å². The van der Waals surface area contributed by atoms with Crippen molar-refractivity contribution in [2.45, 2.75) is 26.3 Å². The van der Waals surface area contributed by atoms with Crippen LogP contribution < -0.4 is 10.6 Å². The van der Waals surface area contributed by atoms with Crippen LogP contribution in [0.25, 0.3) is 0 Å². The van der Waals surface area contributed by atoms with E-state index >= 15 is 0 Å². The lowest BCUT2D eigenvalue weighted by Gasteiger charge is -2.50. The lowest BCUT2D eigenvalue weighted by Crippen LogP contribution is -2.69. The highest BCUT2D eigenvalue weighted by Gasteiger charge is 2.40. The van der Waals surface area contributed by atoms with Gasteiger partial charge in [-0.1, -0.05) is 0 Å². The van der Waals surface area contributed by atoms with Gasteiger partial charge in [0.1, 0.15) is 0 Å². The number of urea groups is 1. The van der Waals surface area contributed by atoms with Crippen LogP contribution in [0.1, 0.15) is 20.8 Å². The van der Waals surface area contributed by atoms with E-state index in [1.807, 2.05) is 20.8 Å². The number of carbonyl (C=O) groups excluding carboxylic acids is 2. The third kappa shape index (κ3) is 3.91. The third-order valence-corrected chi connectivity index (χ3v) is 3.89. The normalized spacial score (nSPS) is 29.9. The summed E-state index contributed by atoms with van der Waals surface area (Å²) in [7, 11) is 0. The van der Waals surface area contributed by atoms with Crippen molar-refractivity contribution in [2.24, 2.45) is 0 Å². The molecule has 0 saturated carbocycles. The molecule has 0 aliphatic carbocycles. The standard InChI is InChI=1S/C13H24N4O2/c1-13(2,3)15-12(19)14-11(18)10-17-7-4-16(5-8-17)6-9-17/h4-10H2,1-3H3,(H-,14,15,18,19)/p+1. The molecule has 3 saturated heterocycles. The van der Waals surface area contributed by atoms with Crippen molar-refractivity contribution >= 4 is 11.9 Å². The molecule has 108 valence electrons. The molecule has 6 heteroatoms. The van der Waals surface area contributed by atoms with Crippen molar-refractivity contribution in [1.82, 2.24) is 15.5 Å². The number of quaternary nitrogens is 1. The van der Waals surface area contributed by atoms with E-state index < -0.39 is 6.03 Å². The Balaban J connectivity index is 1.82. The zero-order valence-electron chi connectivity index (χ0n) is 12.2. The van der Waals surface area contributed by atoms with Gasteiger partial charge in [-0.25, -0.2) is 4.79 Å². The van der Waals surface area contributed by atoms with Crippen molar-refractivity contribution < 1.29 is 14.1 Å². The smallest absolute Gasteiger partial charge is 0.322 e. The number of carbonyl (C=O) groups is 2. The maximum absolute atomic E-state index is 12.0. The molecular weight excluding hydrogens is 244 g/mol. The molecule has 0 spiro atoms. The number of amides is 3. The van der Waals surface area contributed by atoms with Crippen LogP contribution in [0.5, 0.6) is 0 Å². The van der Waals surface area contributed by atoms with Crippen LogP contribution in [0.4, 0.5) is 4.79 Å². The van der Waals surface area contributed by atoms with Gasteiger partial charge in [-0.2, -0.15) is 0 Å². The Kier molecular flexibility index (Phi) is 3.82. The van der Waals surface area contributed by atoms with Gasteiger partial charge >= 0.3 is 6.03 Å². The second-order valence-corrected chi connectivity index (χ2v) is 6.76. The van der Waals surface area contributed by atoms with Gasteiger partial charge in [0.2, 0.25) is 0 Å². The van der Waals surface area contributed by atoms with Gasteiger partial charge in [0.15, 0.2) is 6.54 Å². The average Bonchev–Trinajstić information content (AvgIpc) is 2.27. The Hall–Kier alpha value is -1.14. The van der Waals surface area contributed by atoms with E-state index in [0.29, 0.717) is 6.54 Å². The Morgan fingerprint density at radius 1 is 1.11 bits per heavy atom. The van der Waals surface area contributed by atoms with Crippen LogP contribution in [-0.4, -0.2) is 72.7 Å². The van der Waals surface area contributed by atoms with Crippen LogP contribution in [0.15, 0.2) is 0 Å².